The Kier molecular flexibility index (Phi) is 45.6. The van der Waals surface area contributed by atoms with E-state index in [9.17, 15) is 19.8 Å². The van der Waals surface area contributed by atoms with E-state index >= 15 is 0 Å². The minimum atomic E-state index is -0.790. The summed E-state index contributed by atoms with van der Waals surface area (Å²) in [7, 11) is 0. The number of nitrogens with one attached hydrogen (secondary N) is 1. The molecule has 3 atom stereocenters. The molecule has 6 heteroatoms. The Hall–Kier alpha value is -1.92. The second-order valence-electron chi connectivity index (χ2n) is 17.6. The average Bonchev–Trinajstić information content (AvgIpc) is 3.23. The number of hydrogen-bond acceptors (Lipinski definition) is 5. The highest BCUT2D eigenvalue weighted by atomic mass is 16.5. The second kappa shape index (κ2) is 47.1. The van der Waals surface area contributed by atoms with Gasteiger partial charge in [0, 0.05) is 6.42 Å². The highest BCUT2D eigenvalue weighted by molar-refractivity contribution is 5.77. The topological polar surface area (TPSA) is 95.9 Å². The molecule has 0 aliphatic rings. The molecule has 0 saturated carbocycles. The van der Waals surface area contributed by atoms with Crippen molar-refractivity contribution in [3.63, 3.8) is 0 Å². The molecule has 346 valence electrons. The van der Waals surface area contributed by atoms with Crippen molar-refractivity contribution in [1.82, 2.24) is 5.32 Å². The Morgan fingerprint density at radius 1 is 0.508 bits per heavy atom. The molecule has 0 spiro atoms. The Morgan fingerprint density at radius 2 is 0.915 bits per heavy atom. The zero-order chi connectivity index (χ0) is 43.1. The first-order valence-corrected chi connectivity index (χ1v) is 25.7. The van der Waals surface area contributed by atoms with Gasteiger partial charge in [0.15, 0.2) is 0 Å². The third-order valence-electron chi connectivity index (χ3n) is 11.8. The summed E-state index contributed by atoms with van der Waals surface area (Å²) in [5.41, 5.74) is 0. The molecule has 0 aromatic rings. The number of unbranched alkanes of at least 4 members (excludes halogenated alkanes) is 30. The predicted molar refractivity (Wildman–Crippen MR) is 255 cm³/mol. The van der Waals surface area contributed by atoms with Crippen LogP contribution in [0, 0.1) is 0 Å². The summed E-state index contributed by atoms with van der Waals surface area (Å²) in [4.78, 5) is 26.1. The van der Waals surface area contributed by atoms with Crippen LogP contribution in [0.25, 0.3) is 0 Å². The van der Waals surface area contributed by atoms with Crippen LogP contribution in [-0.2, 0) is 14.3 Å². The first kappa shape index (κ1) is 57.1. The standard InChI is InChI=1S/C53H99NO5/c1-4-7-10-13-16-19-22-25-28-30-33-36-39-42-45-51(56)50(48-55)54-52(57)47-49(44-41-38-35-32-29-26-23-20-17-14-11-8-5-2)59-53(58)46-43-40-37-34-31-27-24-21-18-15-12-9-6-3/h8,11,14,17,20,23,49-51,55-56H,4-7,9-10,12-13,15-16,18-19,21-22,24-48H2,1-3H3,(H,54,57)/b11-8+,17-14+,23-20+. The molecule has 0 radical (unpaired) electrons. The van der Waals surface area contributed by atoms with E-state index in [4.69, 9.17) is 4.74 Å². The van der Waals surface area contributed by atoms with Gasteiger partial charge in [-0.3, -0.25) is 9.59 Å². The van der Waals surface area contributed by atoms with E-state index in [0.717, 1.165) is 83.5 Å². The van der Waals surface area contributed by atoms with E-state index in [-0.39, 0.29) is 24.9 Å². The Bertz CT molecular complexity index is 977. The lowest BCUT2D eigenvalue weighted by atomic mass is 10.0. The lowest BCUT2D eigenvalue weighted by molar-refractivity contribution is -0.151. The lowest BCUT2D eigenvalue weighted by Gasteiger charge is -2.24. The molecule has 0 bridgehead atoms. The zero-order valence-electron chi connectivity index (χ0n) is 39.4. The number of ether oxygens (including phenoxy) is 1. The van der Waals surface area contributed by atoms with E-state index in [0.29, 0.717) is 19.3 Å². The van der Waals surface area contributed by atoms with Crippen molar-refractivity contribution in [3.8, 4) is 0 Å². The number of carbonyl (C=O) groups is 2. The predicted octanol–water partition coefficient (Wildman–Crippen LogP) is 15.3. The van der Waals surface area contributed by atoms with E-state index in [1.165, 1.54) is 135 Å². The molecule has 0 aliphatic carbocycles. The van der Waals surface area contributed by atoms with Crippen molar-refractivity contribution in [2.75, 3.05) is 6.61 Å². The molecular weight excluding hydrogens is 731 g/mol. The van der Waals surface area contributed by atoms with Crippen LogP contribution >= 0.6 is 0 Å². The minimum Gasteiger partial charge on any atom is -0.462 e. The molecule has 0 heterocycles. The number of aliphatic hydroxyl groups excluding tert-OH is 2. The molecule has 1 amide bonds. The second-order valence-corrected chi connectivity index (χ2v) is 17.6. The van der Waals surface area contributed by atoms with Gasteiger partial charge in [-0.15, -0.1) is 0 Å². The summed E-state index contributed by atoms with van der Waals surface area (Å²) in [5.74, 6) is -0.484. The van der Waals surface area contributed by atoms with Gasteiger partial charge in [0.25, 0.3) is 0 Å². The van der Waals surface area contributed by atoms with E-state index in [1.54, 1.807) is 0 Å². The molecule has 0 saturated heterocycles. The number of amides is 1. The maximum absolute atomic E-state index is 13.2. The smallest absolute Gasteiger partial charge is 0.306 e. The number of esters is 1. The van der Waals surface area contributed by atoms with Crippen molar-refractivity contribution >= 4 is 11.9 Å². The van der Waals surface area contributed by atoms with Crippen LogP contribution in [0.4, 0.5) is 0 Å². The van der Waals surface area contributed by atoms with Crippen LogP contribution in [-0.4, -0.2) is 46.9 Å². The number of carbonyl (C=O) groups excluding carboxylic acids is 2. The molecule has 6 nitrogen and oxygen atoms in total. The fourth-order valence-electron chi connectivity index (χ4n) is 7.90. The van der Waals surface area contributed by atoms with Crippen LogP contribution in [0.2, 0.25) is 0 Å². The van der Waals surface area contributed by atoms with Crippen LogP contribution in [0.5, 0.6) is 0 Å². The molecule has 3 N–H and O–H groups in total. The van der Waals surface area contributed by atoms with Crippen molar-refractivity contribution in [2.24, 2.45) is 0 Å². The van der Waals surface area contributed by atoms with Gasteiger partial charge in [0.1, 0.15) is 6.10 Å². The number of hydrogen-bond donors (Lipinski definition) is 3. The minimum absolute atomic E-state index is 0.0676. The molecule has 59 heavy (non-hydrogen) atoms. The Balaban J connectivity index is 4.56. The molecule has 3 unspecified atom stereocenters. The molecule has 0 fully saturated rings. The van der Waals surface area contributed by atoms with Gasteiger partial charge in [-0.1, -0.05) is 243 Å². The Labute approximate surface area is 366 Å². The number of aliphatic hydroxyl groups is 2. The van der Waals surface area contributed by atoms with Crippen molar-refractivity contribution < 1.29 is 24.5 Å². The SMILES string of the molecule is CC/C=C/C=C/C=C/CCCCCCCC(CC(=O)NC(CO)C(O)CCCCCCCCCCCCCCCC)OC(=O)CCCCCCCCCCCCCCC. The van der Waals surface area contributed by atoms with Crippen molar-refractivity contribution in [3.05, 3.63) is 36.5 Å². The van der Waals surface area contributed by atoms with Crippen LogP contribution in [0.3, 0.4) is 0 Å². The average molecular weight is 830 g/mol. The van der Waals surface area contributed by atoms with E-state index < -0.39 is 18.2 Å². The van der Waals surface area contributed by atoms with Gasteiger partial charge in [0.2, 0.25) is 5.91 Å². The third kappa shape index (κ3) is 42.6. The zero-order valence-corrected chi connectivity index (χ0v) is 39.4. The summed E-state index contributed by atoms with van der Waals surface area (Å²) < 4.78 is 5.92. The summed E-state index contributed by atoms with van der Waals surface area (Å²) >= 11 is 0. The lowest BCUT2D eigenvalue weighted by Crippen LogP contribution is -2.46. The highest BCUT2D eigenvalue weighted by Crippen LogP contribution is 2.18. The van der Waals surface area contributed by atoms with Crippen LogP contribution in [0.15, 0.2) is 36.5 Å². The molecule has 0 aromatic heterocycles. The van der Waals surface area contributed by atoms with Gasteiger partial charge in [0.05, 0.1) is 25.2 Å². The first-order chi connectivity index (χ1) is 29.0. The summed E-state index contributed by atoms with van der Waals surface area (Å²) in [6.07, 6.45) is 54.9. The maximum atomic E-state index is 13.2. The summed E-state index contributed by atoms with van der Waals surface area (Å²) in [6, 6.07) is -0.705. The van der Waals surface area contributed by atoms with Gasteiger partial charge in [-0.25, -0.2) is 0 Å². The van der Waals surface area contributed by atoms with E-state index in [2.05, 4.69) is 62.5 Å². The monoisotopic (exact) mass is 830 g/mol. The quantitative estimate of drug-likeness (QED) is 0.0323. The number of allylic oxidation sites excluding steroid dienone is 6. The van der Waals surface area contributed by atoms with Gasteiger partial charge in [-0.05, 0) is 44.9 Å². The normalized spacial score (nSPS) is 13.5. The summed E-state index contributed by atoms with van der Waals surface area (Å²) in [6.45, 7) is 6.36. The van der Waals surface area contributed by atoms with Crippen LogP contribution < -0.4 is 5.32 Å². The van der Waals surface area contributed by atoms with Gasteiger partial charge < -0.3 is 20.3 Å². The van der Waals surface area contributed by atoms with Crippen LogP contribution in [0.1, 0.15) is 265 Å². The molecule has 0 aromatic carbocycles. The fraction of sp³-hybridized carbons (Fsp3) is 0.849. The number of rotatable bonds is 46. The van der Waals surface area contributed by atoms with Gasteiger partial charge in [-0.2, -0.15) is 0 Å². The maximum Gasteiger partial charge on any atom is 0.306 e. The van der Waals surface area contributed by atoms with Gasteiger partial charge >= 0.3 is 5.97 Å². The molecular formula is C53H99NO5. The first-order valence-electron chi connectivity index (χ1n) is 25.7. The fourth-order valence-corrected chi connectivity index (χ4v) is 7.90. The molecule has 0 rings (SSSR count). The third-order valence-corrected chi connectivity index (χ3v) is 11.8. The van der Waals surface area contributed by atoms with Crippen molar-refractivity contribution in [1.29, 1.82) is 0 Å². The molecule has 0 aliphatic heterocycles. The Morgan fingerprint density at radius 3 is 1.37 bits per heavy atom. The van der Waals surface area contributed by atoms with Crippen molar-refractivity contribution in [2.45, 2.75) is 283 Å². The largest absolute Gasteiger partial charge is 0.462 e. The highest BCUT2D eigenvalue weighted by Gasteiger charge is 2.24. The summed E-state index contributed by atoms with van der Waals surface area (Å²) in [5, 5.41) is 23.8. The van der Waals surface area contributed by atoms with E-state index in [1.807, 2.05) is 0 Å².